The molecule has 3 aromatic rings. The molecule has 4 rings (SSSR count). The molecule has 1 saturated heterocycles. The standard InChI is InChI=1S/C19H18F5N7O4/c20-10-11(21)13(23)15(14(24)12(10)22)30-27-3-1-2-25-19-28-17-16(18(34)29-19)26-6-31(17)9-4-7(33)8(5-32)35-9/h1,3,6-9,27,30,32-33H,2,4-5H2,(H2,25,28,29,34)/b3-1+/t7-,8+,9+/m0/s1. The van der Waals surface area contributed by atoms with Gasteiger partial charge in [0.15, 0.2) is 34.4 Å². The number of aliphatic hydroxyl groups excluding tert-OH is 2. The maximum absolute atomic E-state index is 13.6. The van der Waals surface area contributed by atoms with Gasteiger partial charge in [0.25, 0.3) is 5.56 Å². The van der Waals surface area contributed by atoms with Crippen molar-refractivity contribution in [1.29, 1.82) is 0 Å². The molecule has 188 valence electrons. The van der Waals surface area contributed by atoms with Crippen LogP contribution in [0.1, 0.15) is 12.6 Å². The predicted molar refractivity (Wildman–Crippen MR) is 110 cm³/mol. The molecule has 0 saturated carbocycles. The van der Waals surface area contributed by atoms with Crippen molar-refractivity contribution >= 4 is 22.8 Å². The zero-order chi connectivity index (χ0) is 25.3. The van der Waals surface area contributed by atoms with Crippen LogP contribution in [0.25, 0.3) is 11.2 Å². The number of imidazole rings is 1. The number of anilines is 2. The molecule has 1 aliphatic rings. The van der Waals surface area contributed by atoms with E-state index < -0.39 is 58.8 Å². The Morgan fingerprint density at radius 3 is 2.51 bits per heavy atom. The average molecular weight is 503 g/mol. The highest BCUT2D eigenvalue weighted by molar-refractivity contribution is 5.70. The summed E-state index contributed by atoms with van der Waals surface area (Å²) in [6, 6.07) is 0. The number of fused-ring (bicyclic) bond motifs is 1. The molecule has 0 amide bonds. The lowest BCUT2D eigenvalue weighted by atomic mass is 10.2. The number of nitrogens with zero attached hydrogens (tertiary/aromatic N) is 3. The molecule has 1 aliphatic heterocycles. The van der Waals surface area contributed by atoms with Gasteiger partial charge in [-0.15, -0.1) is 0 Å². The lowest BCUT2D eigenvalue weighted by molar-refractivity contribution is -0.0432. The molecule has 0 unspecified atom stereocenters. The highest BCUT2D eigenvalue weighted by atomic mass is 19.2. The van der Waals surface area contributed by atoms with E-state index in [1.165, 1.54) is 17.0 Å². The van der Waals surface area contributed by atoms with Crippen LogP contribution in [0.15, 0.2) is 23.4 Å². The number of benzene rings is 1. The smallest absolute Gasteiger partial charge is 0.280 e. The molecular formula is C19H18F5N7O4. The molecule has 16 heteroatoms. The van der Waals surface area contributed by atoms with Crippen LogP contribution in [0.5, 0.6) is 0 Å². The summed E-state index contributed by atoms with van der Waals surface area (Å²) < 4.78 is 73.6. The van der Waals surface area contributed by atoms with Crippen LogP contribution in [0, 0.1) is 29.1 Å². The van der Waals surface area contributed by atoms with Crippen molar-refractivity contribution in [2.75, 3.05) is 23.9 Å². The van der Waals surface area contributed by atoms with Crippen molar-refractivity contribution in [3.63, 3.8) is 0 Å². The quantitative estimate of drug-likeness (QED) is 0.115. The van der Waals surface area contributed by atoms with Crippen LogP contribution in [0.4, 0.5) is 33.6 Å². The van der Waals surface area contributed by atoms with Gasteiger partial charge in [-0.1, -0.05) is 0 Å². The fourth-order valence-electron chi connectivity index (χ4n) is 3.37. The van der Waals surface area contributed by atoms with E-state index in [1.807, 2.05) is 5.43 Å². The number of hydrogen-bond donors (Lipinski definition) is 6. The number of hydrogen-bond acceptors (Lipinski definition) is 9. The third-order valence-corrected chi connectivity index (χ3v) is 5.12. The van der Waals surface area contributed by atoms with E-state index in [0.29, 0.717) is 0 Å². The second-order valence-electron chi connectivity index (χ2n) is 7.35. The van der Waals surface area contributed by atoms with E-state index in [9.17, 15) is 37.0 Å². The summed E-state index contributed by atoms with van der Waals surface area (Å²) in [4.78, 5) is 23.0. The third kappa shape index (κ3) is 4.62. The fourth-order valence-corrected chi connectivity index (χ4v) is 3.37. The van der Waals surface area contributed by atoms with Gasteiger partial charge in [-0.2, -0.15) is 4.98 Å². The van der Waals surface area contributed by atoms with Gasteiger partial charge in [0.2, 0.25) is 11.8 Å². The predicted octanol–water partition coefficient (Wildman–Crippen LogP) is 0.998. The second-order valence-corrected chi connectivity index (χ2v) is 7.35. The molecule has 3 atom stereocenters. The van der Waals surface area contributed by atoms with Crippen molar-refractivity contribution in [3.05, 3.63) is 58.0 Å². The summed E-state index contributed by atoms with van der Waals surface area (Å²) in [6.07, 6.45) is 1.54. The van der Waals surface area contributed by atoms with Crippen LogP contribution < -0.4 is 21.7 Å². The molecule has 2 aromatic heterocycles. The number of H-pyrrole nitrogens is 1. The summed E-state index contributed by atoms with van der Waals surface area (Å²) >= 11 is 0. The van der Waals surface area contributed by atoms with E-state index in [0.717, 1.165) is 6.20 Å². The number of aromatic amines is 1. The molecule has 35 heavy (non-hydrogen) atoms. The maximum Gasteiger partial charge on any atom is 0.280 e. The van der Waals surface area contributed by atoms with E-state index in [2.05, 4.69) is 25.7 Å². The number of halogens is 5. The van der Waals surface area contributed by atoms with Crippen LogP contribution in [-0.4, -0.2) is 55.1 Å². The van der Waals surface area contributed by atoms with Gasteiger partial charge < -0.3 is 25.7 Å². The molecule has 6 N–H and O–H groups in total. The van der Waals surface area contributed by atoms with Crippen molar-refractivity contribution in [3.8, 4) is 0 Å². The first kappa shape index (κ1) is 24.4. The van der Waals surface area contributed by atoms with Gasteiger partial charge in [0, 0.05) is 19.2 Å². The summed E-state index contributed by atoms with van der Waals surface area (Å²) in [7, 11) is 0. The minimum absolute atomic E-state index is 0.0135. The zero-order valence-corrected chi connectivity index (χ0v) is 17.5. The third-order valence-electron chi connectivity index (χ3n) is 5.12. The Bertz CT molecular complexity index is 1300. The first-order valence-corrected chi connectivity index (χ1v) is 10.1. The molecule has 0 spiro atoms. The fraction of sp³-hybridized carbons (Fsp3) is 0.316. The Balaban J connectivity index is 1.40. The van der Waals surface area contributed by atoms with Gasteiger partial charge in [0.1, 0.15) is 18.0 Å². The van der Waals surface area contributed by atoms with Gasteiger partial charge in [-0.3, -0.25) is 19.8 Å². The molecule has 0 bridgehead atoms. The number of aromatic nitrogens is 4. The molecule has 1 fully saturated rings. The summed E-state index contributed by atoms with van der Waals surface area (Å²) in [5, 5.41) is 21.9. The molecular weight excluding hydrogens is 485 g/mol. The molecule has 11 nitrogen and oxygen atoms in total. The lowest BCUT2D eigenvalue weighted by Gasteiger charge is -2.13. The van der Waals surface area contributed by atoms with E-state index in [1.54, 1.807) is 0 Å². The second kappa shape index (κ2) is 9.85. The number of ether oxygens (including phenoxy) is 1. The zero-order valence-electron chi connectivity index (χ0n) is 17.5. The van der Waals surface area contributed by atoms with E-state index >= 15 is 0 Å². The van der Waals surface area contributed by atoms with Gasteiger partial charge >= 0.3 is 0 Å². The Morgan fingerprint density at radius 2 is 1.86 bits per heavy atom. The topological polar surface area (TPSA) is 149 Å². The summed E-state index contributed by atoms with van der Waals surface area (Å²) in [5.74, 6) is -10.5. The minimum Gasteiger partial charge on any atom is -0.394 e. The number of hydrazine groups is 1. The van der Waals surface area contributed by atoms with Gasteiger partial charge in [0.05, 0.1) is 19.0 Å². The van der Waals surface area contributed by atoms with Gasteiger partial charge in [-0.05, 0) is 6.08 Å². The summed E-state index contributed by atoms with van der Waals surface area (Å²) in [6.45, 7) is -0.371. The maximum atomic E-state index is 13.6. The van der Waals surface area contributed by atoms with E-state index in [4.69, 9.17) is 4.74 Å². The van der Waals surface area contributed by atoms with E-state index in [-0.39, 0.29) is 36.7 Å². The van der Waals surface area contributed by atoms with Crippen LogP contribution in [0.2, 0.25) is 0 Å². The van der Waals surface area contributed by atoms with Gasteiger partial charge in [-0.25, -0.2) is 26.9 Å². The first-order valence-electron chi connectivity index (χ1n) is 10.1. The normalized spacial score (nSPS) is 20.1. The van der Waals surface area contributed by atoms with Crippen molar-refractivity contribution in [1.82, 2.24) is 24.9 Å². The lowest BCUT2D eigenvalue weighted by Crippen LogP contribution is -2.24. The van der Waals surface area contributed by atoms with Crippen LogP contribution in [-0.2, 0) is 4.74 Å². The monoisotopic (exact) mass is 503 g/mol. The minimum atomic E-state index is -2.27. The molecule has 0 radical (unpaired) electrons. The highest BCUT2D eigenvalue weighted by Crippen LogP contribution is 2.30. The number of rotatable bonds is 8. The molecule has 3 heterocycles. The highest BCUT2D eigenvalue weighted by Gasteiger charge is 2.35. The Labute approximate surface area is 192 Å². The number of aliphatic hydroxyl groups is 2. The average Bonchev–Trinajstić information content (AvgIpc) is 3.43. The first-order chi connectivity index (χ1) is 16.7. The van der Waals surface area contributed by atoms with Crippen molar-refractivity contribution < 1.29 is 36.9 Å². The SMILES string of the molecule is O=c1[nH]c(NC/C=C/NNc2c(F)c(F)c(F)c(F)c2F)nc2c1ncn2[C@H]1C[C@H](O)[C@@H](CO)O1. The molecule has 0 aliphatic carbocycles. The Morgan fingerprint density at radius 1 is 1.17 bits per heavy atom. The summed E-state index contributed by atoms with van der Waals surface area (Å²) in [5.41, 5.74) is 2.39. The Hall–Kier alpha value is -3.76. The van der Waals surface area contributed by atoms with Crippen molar-refractivity contribution in [2.45, 2.75) is 24.9 Å². The largest absolute Gasteiger partial charge is 0.394 e. The molecule has 1 aromatic carbocycles. The Kier molecular flexibility index (Phi) is 6.86. The number of nitrogens with one attached hydrogen (secondary N) is 4. The van der Waals surface area contributed by atoms with Crippen molar-refractivity contribution in [2.24, 2.45) is 0 Å². The van der Waals surface area contributed by atoms with Crippen LogP contribution >= 0.6 is 0 Å². The van der Waals surface area contributed by atoms with Crippen LogP contribution in [0.3, 0.4) is 0 Å².